The average Bonchev–Trinajstić information content (AvgIpc) is 1.63. The number of ether oxygens (including phenoxy) is 13. The van der Waals surface area contributed by atoms with E-state index in [0.29, 0.717) is 179 Å². The van der Waals surface area contributed by atoms with Gasteiger partial charge in [-0.1, -0.05) is 76.1 Å². The van der Waals surface area contributed by atoms with E-state index in [2.05, 4.69) is 15.6 Å². The Morgan fingerprint density at radius 2 is 1.14 bits per heavy atom. The van der Waals surface area contributed by atoms with Crippen molar-refractivity contribution >= 4 is 70.7 Å². The topological polar surface area (TPSA) is 343 Å². The molecule has 0 bridgehead atoms. The minimum atomic E-state index is -1.38. The van der Waals surface area contributed by atoms with E-state index in [0.717, 1.165) is 44.9 Å². The molecule has 6 atom stereocenters. The standard InChI is InChI=1S/C42H46N4O9.C38H67N3O14.CH4/c1-25-9-11-28(12-10-25)24-55-42(50)46-33-20-38(36(52-5)18-31(33)40(48)45-23-27(3)16-34(45)41(46)49)54-14-8-6-7-13-53-37-19-32-30(17-35(37)51-4)39(47)44-22-26(2)15-29(44)21-43-32;1-6-34(43)31(5)40-37(46)33(29(2)3)28-32(42)8-11-48-13-15-50-17-19-52-21-23-54-25-26-55-24-22-53-20-18-51-16-14-49-12-9-39-35(44)7-10-41-36(45)27-30(4)38(41)47;/h9-12,17-23,29,34,41,49H,6-8,13-16,24H2,1-5H3;29-31,33H,6-28H2,1-5H3,(H,39,44)(H,40,46);1H4/t29-,34-,41-;30?,31-,33-;/m00./s1. The van der Waals surface area contributed by atoms with Gasteiger partial charge in [-0.3, -0.25) is 48.2 Å². The SMILES string of the molecule is C.CCC(=O)[C@H](C)NC(=O)[C@@H](CC(=O)CCOCCOCCOCCOCCOCCOCCOCCOCCNC(=O)CCN1C(=O)CC(C)C1=O)C(C)C.COc1cc2c(cc1OCCCCCOc1cc3c(cc1OC)C(=O)N1C=C(C)C[C@H]1[C@H](O)N3C(=O)OCc1ccc(C)cc1)N=C[C@@H]1CC(C)=CN1C2=O. The molecular weight excluding hydrogens is 1440 g/mol. The molecule has 0 spiro atoms. The zero-order chi connectivity index (χ0) is 79.5. The normalized spacial score (nSPS) is 17.4. The molecule has 3 aromatic rings. The number of nitrogens with one attached hydrogen (secondary N) is 2. The summed E-state index contributed by atoms with van der Waals surface area (Å²) in [6, 6.07) is 12.8. The molecule has 3 N–H and O–H groups in total. The summed E-state index contributed by atoms with van der Waals surface area (Å²) in [6.45, 7) is 22.3. The van der Waals surface area contributed by atoms with Gasteiger partial charge in [-0.25, -0.2) is 9.69 Å². The van der Waals surface area contributed by atoms with E-state index in [1.54, 1.807) is 63.2 Å². The van der Waals surface area contributed by atoms with Gasteiger partial charge in [-0.05, 0) is 83.4 Å². The molecule has 0 aromatic heterocycles. The molecule has 8 rings (SSSR count). The summed E-state index contributed by atoms with van der Waals surface area (Å²) in [7, 11) is 3.03. The van der Waals surface area contributed by atoms with Crippen LogP contribution in [0.1, 0.15) is 152 Å². The fourth-order valence-corrected chi connectivity index (χ4v) is 12.5. The fourth-order valence-electron chi connectivity index (χ4n) is 12.5. The first-order valence-corrected chi connectivity index (χ1v) is 38.0. The number of nitrogens with zero attached hydrogens (tertiary/aromatic N) is 5. The average molecular weight is 1560 g/mol. The highest BCUT2D eigenvalue weighted by Crippen LogP contribution is 2.43. The van der Waals surface area contributed by atoms with Gasteiger partial charge in [0.15, 0.2) is 35.0 Å². The zero-order valence-corrected chi connectivity index (χ0v) is 65.5. The number of unbranched alkanes of at least 4 members (excludes halogenated alkanes) is 2. The maximum Gasteiger partial charge on any atom is 0.416 e. The Kier molecular flexibility index (Phi) is 39.6. The van der Waals surface area contributed by atoms with Gasteiger partial charge in [0, 0.05) is 87.8 Å². The Hall–Kier alpha value is -8.72. The molecule has 5 aliphatic rings. The number of carbonyl (C=O) groups excluding carboxylic acids is 9. The molecule has 0 radical (unpaired) electrons. The quantitative estimate of drug-likeness (QED) is 0.0351. The number of hydrogen-bond acceptors (Lipinski definition) is 24. The zero-order valence-electron chi connectivity index (χ0n) is 65.5. The number of Topliss-reactive ketones (excluding diaryl/α,β-unsaturated/α-hetero) is 2. The first-order chi connectivity index (χ1) is 53.0. The second-order valence-electron chi connectivity index (χ2n) is 27.7. The number of hydrogen-bond donors (Lipinski definition) is 3. The number of likely N-dealkylation sites (tertiary alicyclic amines) is 1. The second kappa shape index (κ2) is 48.3. The van der Waals surface area contributed by atoms with Crippen molar-refractivity contribution in [1.82, 2.24) is 25.3 Å². The van der Waals surface area contributed by atoms with Gasteiger partial charge in [-0.15, -0.1) is 0 Å². The smallest absolute Gasteiger partial charge is 0.416 e. The number of carbonyl (C=O) groups is 9. The highest BCUT2D eigenvalue weighted by atomic mass is 16.6. The number of fused-ring (bicyclic) bond motifs is 4. The Morgan fingerprint density at radius 1 is 0.613 bits per heavy atom. The van der Waals surface area contributed by atoms with Crippen LogP contribution in [0.25, 0.3) is 0 Å². The van der Waals surface area contributed by atoms with Crippen LogP contribution >= 0.6 is 0 Å². The summed E-state index contributed by atoms with van der Waals surface area (Å²) in [5.74, 6) is -0.756. The lowest BCUT2D eigenvalue weighted by Crippen LogP contribution is -2.50. The van der Waals surface area contributed by atoms with Gasteiger partial charge in [0.1, 0.15) is 12.4 Å². The summed E-state index contributed by atoms with van der Waals surface area (Å²) in [6.07, 6.45) is 7.47. The lowest BCUT2D eigenvalue weighted by molar-refractivity contribution is -0.139. The molecular formula is C81H117N7O23. The summed E-state index contributed by atoms with van der Waals surface area (Å²) in [4.78, 5) is 123. The lowest BCUT2D eigenvalue weighted by atomic mass is 9.89. The molecule has 3 aromatic carbocycles. The maximum absolute atomic E-state index is 13.9. The summed E-state index contributed by atoms with van der Waals surface area (Å²) >= 11 is 0. The van der Waals surface area contributed by atoms with E-state index in [4.69, 9.17) is 61.6 Å². The third-order valence-electron chi connectivity index (χ3n) is 18.7. The first kappa shape index (κ1) is 91.2. The molecule has 0 aliphatic carbocycles. The van der Waals surface area contributed by atoms with Gasteiger partial charge >= 0.3 is 6.09 Å². The summed E-state index contributed by atoms with van der Waals surface area (Å²) in [5, 5.41) is 17.1. The number of methoxy groups -OCH3 is 2. The van der Waals surface area contributed by atoms with Crippen LogP contribution in [0.2, 0.25) is 0 Å². The Labute approximate surface area is 652 Å². The number of aliphatic hydroxyl groups excluding tert-OH is 1. The lowest BCUT2D eigenvalue weighted by Gasteiger charge is -2.31. The molecule has 7 amide bonds. The Balaban J connectivity index is 0.000000343. The van der Waals surface area contributed by atoms with Crippen molar-refractivity contribution in [2.75, 3.05) is 151 Å². The molecule has 0 saturated carbocycles. The van der Waals surface area contributed by atoms with E-state index in [-0.39, 0.29) is 129 Å². The highest BCUT2D eigenvalue weighted by Gasteiger charge is 2.45. The number of imide groups is 1. The van der Waals surface area contributed by atoms with Crippen molar-refractivity contribution in [2.24, 2.45) is 22.7 Å². The third kappa shape index (κ3) is 28.8. The van der Waals surface area contributed by atoms with Crippen molar-refractivity contribution in [1.29, 1.82) is 0 Å². The number of aliphatic imine (C=N–C) groups is 1. The molecule has 5 aliphatic heterocycles. The van der Waals surface area contributed by atoms with Crippen molar-refractivity contribution in [2.45, 2.75) is 158 Å². The van der Waals surface area contributed by atoms with Gasteiger partial charge < -0.3 is 87.1 Å². The van der Waals surface area contributed by atoms with E-state index in [1.165, 1.54) is 12.0 Å². The number of anilines is 1. The number of aryl methyl sites for hydroxylation is 1. The molecule has 30 nitrogen and oxygen atoms in total. The van der Waals surface area contributed by atoms with Crippen LogP contribution in [0.5, 0.6) is 23.0 Å². The second-order valence-corrected chi connectivity index (χ2v) is 27.7. The molecule has 5 heterocycles. The van der Waals surface area contributed by atoms with Crippen LogP contribution in [-0.4, -0.2) is 250 Å². The number of aliphatic hydroxyl groups is 1. The maximum atomic E-state index is 13.9. The number of benzene rings is 3. The van der Waals surface area contributed by atoms with Crippen molar-refractivity contribution in [3.05, 3.63) is 94.3 Å². The Morgan fingerprint density at radius 3 is 1.68 bits per heavy atom. The van der Waals surface area contributed by atoms with Crippen LogP contribution < -0.4 is 34.5 Å². The molecule has 1 saturated heterocycles. The van der Waals surface area contributed by atoms with Crippen LogP contribution in [-0.2, 0) is 78.0 Å². The van der Waals surface area contributed by atoms with Crippen molar-refractivity contribution < 1.29 is 110 Å². The largest absolute Gasteiger partial charge is 0.493 e. The van der Waals surface area contributed by atoms with Gasteiger partial charge in [-0.2, -0.15) is 0 Å². The number of rotatable bonds is 49. The van der Waals surface area contributed by atoms with Crippen LogP contribution in [0.3, 0.4) is 0 Å². The van der Waals surface area contributed by atoms with Crippen molar-refractivity contribution in [3.63, 3.8) is 0 Å². The fraction of sp³-hybridized carbons (Fsp3) is 0.605. The predicted molar refractivity (Wildman–Crippen MR) is 412 cm³/mol. The van der Waals surface area contributed by atoms with Gasteiger partial charge in [0.25, 0.3) is 11.8 Å². The van der Waals surface area contributed by atoms with Crippen LogP contribution in [0.4, 0.5) is 16.2 Å². The van der Waals surface area contributed by atoms with E-state index in [1.807, 2.05) is 71.3 Å². The van der Waals surface area contributed by atoms with E-state index >= 15 is 0 Å². The van der Waals surface area contributed by atoms with E-state index < -0.39 is 30.3 Å². The highest BCUT2D eigenvalue weighted by molar-refractivity contribution is 6.07. The molecule has 1 unspecified atom stereocenters. The Bertz CT molecular complexity index is 3620. The van der Waals surface area contributed by atoms with E-state index in [9.17, 15) is 48.3 Å². The first-order valence-electron chi connectivity index (χ1n) is 38.0. The number of amides is 7. The van der Waals surface area contributed by atoms with Gasteiger partial charge in [0.2, 0.25) is 23.6 Å². The van der Waals surface area contributed by atoms with Crippen LogP contribution in [0, 0.1) is 24.7 Å². The molecule has 30 heteroatoms. The number of ketones is 2. The van der Waals surface area contributed by atoms with Gasteiger partial charge in [0.05, 0.1) is 174 Å². The predicted octanol–water partition coefficient (Wildman–Crippen LogP) is 8.83. The molecule has 614 valence electrons. The van der Waals surface area contributed by atoms with Crippen molar-refractivity contribution in [3.8, 4) is 23.0 Å². The summed E-state index contributed by atoms with van der Waals surface area (Å²) in [5.41, 5.74) is 5.26. The molecule has 111 heavy (non-hydrogen) atoms. The van der Waals surface area contributed by atoms with Crippen LogP contribution in [0.15, 0.2) is 77.1 Å². The summed E-state index contributed by atoms with van der Waals surface area (Å²) < 4.78 is 72.9. The molecule has 1 fully saturated rings. The monoisotopic (exact) mass is 1560 g/mol. The minimum absolute atomic E-state index is 0. The minimum Gasteiger partial charge on any atom is -0.493 e. The third-order valence-corrected chi connectivity index (χ3v) is 18.7.